The predicted octanol–water partition coefficient (Wildman–Crippen LogP) is 1.66. The number of halogens is 2. The molecule has 110 valence electrons. The van der Waals surface area contributed by atoms with Crippen LogP contribution in [0, 0.1) is 5.82 Å². The van der Waals surface area contributed by atoms with Crippen LogP contribution in [-0.2, 0) is 0 Å². The summed E-state index contributed by atoms with van der Waals surface area (Å²) in [7, 11) is 0. The molecule has 21 heavy (non-hydrogen) atoms. The van der Waals surface area contributed by atoms with E-state index in [4.69, 9.17) is 11.6 Å². The Morgan fingerprint density at radius 2 is 2.05 bits per heavy atom. The molecule has 7 heteroatoms. The number of aromatic nitrogens is 2. The van der Waals surface area contributed by atoms with Crippen LogP contribution < -0.4 is 15.8 Å². The fourth-order valence-electron chi connectivity index (χ4n) is 3.40. The highest BCUT2D eigenvalue weighted by atomic mass is 35.5. The van der Waals surface area contributed by atoms with E-state index in [0.717, 1.165) is 31.6 Å². The van der Waals surface area contributed by atoms with Gasteiger partial charge >= 0.3 is 0 Å². The van der Waals surface area contributed by atoms with Gasteiger partial charge in [0.1, 0.15) is 0 Å². The van der Waals surface area contributed by atoms with Gasteiger partial charge in [-0.2, -0.15) is 0 Å². The molecule has 2 aliphatic heterocycles. The number of piperazine rings is 1. The average Bonchev–Trinajstić information content (AvgIpc) is 2.81. The summed E-state index contributed by atoms with van der Waals surface area (Å²) in [6, 6.07) is 2.38. The van der Waals surface area contributed by atoms with Gasteiger partial charge in [-0.3, -0.25) is 4.79 Å². The van der Waals surface area contributed by atoms with Crippen molar-refractivity contribution < 1.29 is 4.39 Å². The zero-order valence-electron chi connectivity index (χ0n) is 11.2. The standard InChI is InChI=1S/C14H14ClFN4O/c15-14-12(16)13-9(4-17-14)10(3-11(21)19-13)20-5-7-1-2-8(6-20)18-7/h3-4,7-8,18H,1-2,5-6H2,(H,19,21). The van der Waals surface area contributed by atoms with Crippen molar-refractivity contribution in [2.24, 2.45) is 0 Å². The average molecular weight is 309 g/mol. The van der Waals surface area contributed by atoms with Crippen molar-refractivity contribution in [3.05, 3.63) is 33.6 Å². The summed E-state index contributed by atoms with van der Waals surface area (Å²) in [6.45, 7) is 1.64. The number of pyridine rings is 2. The zero-order chi connectivity index (χ0) is 14.6. The van der Waals surface area contributed by atoms with Crippen molar-refractivity contribution >= 4 is 28.2 Å². The van der Waals surface area contributed by atoms with Crippen molar-refractivity contribution in [3.8, 4) is 0 Å². The molecule has 4 rings (SSSR count). The molecule has 2 aromatic rings. The van der Waals surface area contributed by atoms with Crippen LogP contribution in [0.3, 0.4) is 0 Å². The molecule has 0 radical (unpaired) electrons. The molecular weight excluding hydrogens is 295 g/mol. The molecule has 0 saturated carbocycles. The third-order valence-corrected chi connectivity index (χ3v) is 4.59. The number of hydrogen-bond donors (Lipinski definition) is 2. The van der Waals surface area contributed by atoms with Crippen LogP contribution in [0.2, 0.25) is 5.15 Å². The van der Waals surface area contributed by atoms with Gasteiger partial charge in [-0.05, 0) is 12.8 Å². The second kappa shape index (κ2) is 4.68. The Hall–Kier alpha value is -1.66. The number of fused-ring (bicyclic) bond motifs is 3. The first-order valence-corrected chi connectivity index (χ1v) is 7.37. The summed E-state index contributed by atoms with van der Waals surface area (Å²) < 4.78 is 14.1. The molecule has 0 aromatic carbocycles. The SMILES string of the molecule is O=c1cc(N2CC3CCC(C2)N3)c2cnc(Cl)c(F)c2[nH]1. The summed E-state index contributed by atoms with van der Waals surface area (Å²) in [5, 5.41) is 3.90. The normalized spacial score (nSPS) is 24.8. The van der Waals surface area contributed by atoms with E-state index in [2.05, 4.69) is 20.2 Å². The van der Waals surface area contributed by atoms with Gasteiger partial charge in [-0.15, -0.1) is 0 Å². The minimum absolute atomic E-state index is 0.128. The minimum Gasteiger partial charge on any atom is -0.368 e. The van der Waals surface area contributed by atoms with Gasteiger partial charge in [0.2, 0.25) is 0 Å². The van der Waals surface area contributed by atoms with E-state index in [1.54, 1.807) is 0 Å². The molecule has 2 N–H and O–H groups in total. The second-order valence-electron chi connectivity index (χ2n) is 5.71. The van der Waals surface area contributed by atoms with Crippen molar-refractivity contribution in [3.63, 3.8) is 0 Å². The van der Waals surface area contributed by atoms with Crippen molar-refractivity contribution in [1.29, 1.82) is 0 Å². The molecule has 0 aliphatic carbocycles. The molecule has 2 unspecified atom stereocenters. The summed E-state index contributed by atoms with van der Waals surface area (Å²) in [5.74, 6) is -0.675. The van der Waals surface area contributed by atoms with Gasteiger partial charge in [0, 0.05) is 42.8 Å². The van der Waals surface area contributed by atoms with E-state index in [1.165, 1.54) is 12.3 Å². The highest BCUT2D eigenvalue weighted by molar-refractivity contribution is 6.30. The van der Waals surface area contributed by atoms with Crippen molar-refractivity contribution in [2.45, 2.75) is 24.9 Å². The Labute approximate surface area is 125 Å². The number of H-pyrrole nitrogens is 1. The first-order chi connectivity index (χ1) is 10.1. The number of nitrogens with one attached hydrogen (secondary N) is 2. The van der Waals surface area contributed by atoms with E-state index >= 15 is 0 Å². The largest absolute Gasteiger partial charge is 0.368 e. The van der Waals surface area contributed by atoms with Gasteiger partial charge in [0.25, 0.3) is 5.56 Å². The molecule has 4 heterocycles. The zero-order valence-corrected chi connectivity index (χ0v) is 12.0. The monoisotopic (exact) mass is 308 g/mol. The quantitative estimate of drug-likeness (QED) is 0.787. The smallest absolute Gasteiger partial charge is 0.250 e. The molecule has 2 aliphatic rings. The van der Waals surface area contributed by atoms with E-state index in [9.17, 15) is 9.18 Å². The number of aromatic amines is 1. The number of hydrogen-bond acceptors (Lipinski definition) is 4. The lowest BCUT2D eigenvalue weighted by Gasteiger charge is -2.35. The molecular formula is C14H14ClFN4O. The Bertz CT molecular complexity index is 765. The molecule has 2 saturated heterocycles. The number of nitrogens with zero attached hydrogens (tertiary/aromatic N) is 2. The third kappa shape index (κ3) is 2.10. The lowest BCUT2D eigenvalue weighted by molar-refractivity contribution is 0.466. The molecule has 5 nitrogen and oxygen atoms in total. The first-order valence-electron chi connectivity index (χ1n) is 7.00. The van der Waals surface area contributed by atoms with Gasteiger partial charge in [0.05, 0.1) is 11.2 Å². The van der Waals surface area contributed by atoms with E-state index in [-0.39, 0.29) is 16.2 Å². The first kappa shape index (κ1) is 13.0. The maximum atomic E-state index is 14.1. The lowest BCUT2D eigenvalue weighted by atomic mass is 10.1. The van der Waals surface area contributed by atoms with Crippen LogP contribution in [0.5, 0.6) is 0 Å². The molecule has 2 aromatic heterocycles. The van der Waals surface area contributed by atoms with Gasteiger partial charge in [-0.25, -0.2) is 9.37 Å². The summed E-state index contributed by atoms with van der Waals surface area (Å²) in [4.78, 5) is 20.4. The van der Waals surface area contributed by atoms with Crippen LogP contribution in [-0.4, -0.2) is 35.1 Å². The maximum absolute atomic E-state index is 14.1. The molecule has 2 fully saturated rings. The van der Waals surface area contributed by atoms with Crippen LogP contribution in [0.1, 0.15) is 12.8 Å². The van der Waals surface area contributed by atoms with Crippen molar-refractivity contribution in [1.82, 2.24) is 15.3 Å². The second-order valence-corrected chi connectivity index (χ2v) is 6.07. The van der Waals surface area contributed by atoms with Crippen LogP contribution in [0.25, 0.3) is 10.9 Å². The van der Waals surface area contributed by atoms with Crippen LogP contribution in [0.4, 0.5) is 10.1 Å². The Morgan fingerprint density at radius 1 is 1.33 bits per heavy atom. The fourth-order valence-corrected chi connectivity index (χ4v) is 3.54. The Balaban J connectivity index is 1.88. The highest BCUT2D eigenvalue weighted by Gasteiger charge is 2.33. The molecule has 0 amide bonds. The highest BCUT2D eigenvalue weighted by Crippen LogP contribution is 2.31. The van der Waals surface area contributed by atoms with E-state index in [0.29, 0.717) is 17.5 Å². The minimum atomic E-state index is -0.675. The number of rotatable bonds is 1. The fraction of sp³-hybridized carbons (Fsp3) is 0.429. The van der Waals surface area contributed by atoms with Crippen LogP contribution in [0.15, 0.2) is 17.1 Å². The predicted molar refractivity (Wildman–Crippen MR) is 79.5 cm³/mol. The lowest BCUT2D eigenvalue weighted by Crippen LogP contribution is -2.51. The molecule has 2 bridgehead atoms. The maximum Gasteiger partial charge on any atom is 0.250 e. The molecule has 2 atom stereocenters. The topological polar surface area (TPSA) is 61.0 Å². The van der Waals surface area contributed by atoms with Gasteiger partial charge in [0.15, 0.2) is 11.0 Å². The summed E-state index contributed by atoms with van der Waals surface area (Å²) in [5.41, 5.74) is 0.531. The van der Waals surface area contributed by atoms with Gasteiger partial charge < -0.3 is 15.2 Å². The van der Waals surface area contributed by atoms with E-state index in [1.807, 2.05) is 0 Å². The van der Waals surface area contributed by atoms with Crippen LogP contribution >= 0.6 is 11.6 Å². The number of anilines is 1. The van der Waals surface area contributed by atoms with E-state index < -0.39 is 5.82 Å². The molecule has 0 spiro atoms. The summed E-state index contributed by atoms with van der Waals surface area (Å²) >= 11 is 5.70. The Kier molecular flexibility index (Phi) is 2.90. The van der Waals surface area contributed by atoms with Crippen molar-refractivity contribution in [2.75, 3.05) is 18.0 Å². The third-order valence-electron chi connectivity index (χ3n) is 4.33. The van der Waals surface area contributed by atoms with Gasteiger partial charge in [-0.1, -0.05) is 11.6 Å². The Morgan fingerprint density at radius 3 is 2.76 bits per heavy atom. The summed E-state index contributed by atoms with van der Waals surface area (Å²) in [6.07, 6.45) is 3.80.